The number of aromatic nitrogens is 3. The molecule has 0 N–H and O–H groups in total. The minimum Gasteiger partial charge on any atom is -0.490 e. The van der Waals surface area contributed by atoms with Crippen LogP contribution in [0.4, 0.5) is 4.39 Å². The normalized spacial score (nSPS) is 10.9. The van der Waals surface area contributed by atoms with Gasteiger partial charge in [0.25, 0.3) is 0 Å². The second-order valence-corrected chi connectivity index (χ2v) is 6.17. The SMILES string of the molecule is COCCOc1cc(F)ccc1-c1cc(Cl)c(-c2cnn(C)c2)nc1OC. The maximum atomic E-state index is 13.7. The standard InChI is InChI=1S/C19H19ClFN3O3/c1-24-11-12(10-22-24)18-16(20)9-15(19(23-18)26-3)14-5-4-13(21)8-17(14)27-7-6-25-2/h4-5,8-11H,6-7H2,1-3H3. The summed E-state index contributed by atoms with van der Waals surface area (Å²) in [6, 6.07) is 6.00. The van der Waals surface area contributed by atoms with Crippen LogP contribution in [0.2, 0.25) is 5.02 Å². The molecule has 2 aromatic heterocycles. The Kier molecular flexibility index (Phi) is 5.93. The van der Waals surface area contributed by atoms with Crippen LogP contribution in [0, 0.1) is 5.82 Å². The van der Waals surface area contributed by atoms with Gasteiger partial charge in [0.15, 0.2) is 0 Å². The Hall–Kier alpha value is -2.64. The molecule has 0 bridgehead atoms. The first-order valence-electron chi connectivity index (χ1n) is 8.18. The number of halogens is 2. The van der Waals surface area contributed by atoms with Crippen molar-refractivity contribution in [3.8, 4) is 34.0 Å². The summed E-state index contributed by atoms with van der Waals surface area (Å²) in [6.07, 6.45) is 3.48. The molecule has 0 aliphatic rings. The largest absolute Gasteiger partial charge is 0.490 e. The molecule has 2 heterocycles. The van der Waals surface area contributed by atoms with E-state index < -0.39 is 5.82 Å². The van der Waals surface area contributed by atoms with Crippen LogP contribution in [0.1, 0.15) is 0 Å². The third kappa shape index (κ3) is 4.20. The molecule has 0 saturated heterocycles. The number of hydrogen-bond donors (Lipinski definition) is 0. The zero-order valence-electron chi connectivity index (χ0n) is 15.2. The average Bonchev–Trinajstić information content (AvgIpc) is 3.08. The van der Waals surface area contributed by atoms with Crippen LogP contribution in [0.15, 0.2) is 36.7 Å². The third-order valence-electron chi connectivity index (χ3n) is 3.89. The van der Waals surface area contributed by atoms with Gasteiger partial charge in [0.1, 0.15) is 18.2 Å². The first-order chi connectivity index (χ1) is 13.0. The quantitative estimate of drug-likeness (QED) is 0.570. The van der Waals surface area contributed by atoms with Crippen LogP contribution >= 0.6 is 11.6 Å². The number of rotatable bonds is 7. The number of hydrogen-bond acceptors (Lipinski definition) is 5. The molecule has 142 valence electrons. The molecule has 0 radical (unpaired) electrons. The zero-order chi connectivity index (χ0) is 19.4. The molecule has 0 aliphatic carbocycles. The van der Waals surface area contributed by atoms with Crippen molar-refractivity contribution in [3.63, 3.8) is 0 Å². The fourth-order valence-electron chi connectivity index (χ4n) is 2.64. The van der Waals surface area contributed by atoms with Crippen molar-refractivity contribution in [2.75, 3.05) is 27.4 Å². The van der Waals surface area contributed by atoms with Crippen LogP contribution in [0.5, 0.6) is 11.6 Å². The number of benzene rings is 1. The van der Waals surface area contributed by atoms with Crippen molar-refractivity contribution in [3.05, 3.63) is 47.5 Å². The van der Waals surface area contributed by atoms with Crippen molar-refractivity contribution in [2.45, 2.75) is 0 Å². The Labute approximate surface area is 161 Å². The van der Waals surface area contributed by atoms with Crippen molar-refractivity contribution in [1.29, 1.82) is 0 Å². The van der Waals surface area contributed by atoms with Crippen LogP contribution < -0.4 is 9.47 Å². The Bertz CT molecular complexity index is 946. The first-order valence-corrected chi connectivity index (χ1v) is 8.56. The zero-order valence-corrected chi connectivity index (χ0v) is 16.0. The van der Waals surface area contributed by atoms with E-state index in [9.17, 15) is 4.39 Å². The highest BCUT2D eigenvalue weighted by atomic mass is 35.5. The van der Waals surface area contributed by atoms with Gasteiger partial charge in [-0.1, -0.05) is 11.6 Å². The van der Waals surface area contributed by atoms with Gasteiger partial charge >= 0.3 is 0 Å². The smallest absolute Gasteiger partial charge is 0.221 e. The highest BCUT2D eigenvalue weighted by Gasteiger charge is 2.18. The van der Waals surface area contributed by atoms with Crippen molar-refractivity contribution < 1.29 is 18.6 Å². The Balaban J connectivity index is 2.08. The van der Waals surface area contributed by atoms with Crippen LogP contribution in [0.3, 0.4) is 0 Å². The molecule has 0 unspecified atom stereocenters. The number of methoxy groups -OCH3 is 2. The number of nitrogens with zero attached hydrogens (tertiary/aromatic N) is 3. The van der Waals surface area contributed by atoms with E-state index in [2.05, 4.69) is 10.1 Å². The molecule has 0 amide bonds. The van der Waals surface area contributed by atoms with E-state index in [1.807, 2.05) is 13.2 Å². The average molecular weight is 392 g/mol. The lowest BCUT2D eigenvalue weighted by Gasteiger charge is -2.15. The number of ether oxygens (including phenoxy) is 3. The molecule has 0 aliphatic heterocycles. The monoisotopic (exact) mass is 391 g/mol. The minimum absolute atomic E-state index is 0.282. The summed E-state index contributed by atoms with van der Waals surface area (Å²) in [7, 11) is 4.90. The molecule has 27 heavy (non-hydrogen) atoms. The van der Waals surface area contributed by atoms with Gasteiger partial charge in [-0.2, -0.15) is 5.10 Å². The highest BCUT2D eigenvalue weighted by Crippen LogP contribution is 2.40. The molecule has 6 nitrogen and oxygen atoms in total. The molecule has 1 aromatic carbocycles. The summed E-state index contributed by atoms with van der Waals surface area (Å²) < 4.78 is 31.5. The Morgan fingerprint density at radius 3 is 2.63 bits per heavy atom. The molecular weight excluding hydrogens is 373 g/mol. The van der Waals surface area contributed by atoms with E-state index in [1.165, 1.54) is 19.2 Å². The summed E-state index contributed by atoms with van der Waals surface area (Å²) in [5.74, 6) is 0.301. The van der Waals surface area contributed by atoms with E-state index >= 15 is 0 Å². The van der Waals surface area contributed by atoms with Gasteiger partial charge in [0.2, 0.25) is 5.88 Å². The van der Waals surface area contributed by atoms with E-state index in [0.717, 1.165) is 5.56 Å². The lowest BCUT2D eigenvalue weighted by molar-refractivity contribution is 0.146. The molecule has 3 aromatic rings. The second kappa shape index (κ2) is 8.37. The predicted octanol–water partition coefficient (Wildman–Crippen LogP) is 3.98. The van der Waals surface area contributed by atoms with Crippen molar-refractivity contribution in [1.82, 2.24) is 14.8 Å². The summed E-state index contributed by atoms with van der Waals surface area (Å²) in [5, 5.41) is 4.56. The van der Waals surface area contributed by atoms with Gasteiger partial charge in [0.05, 0.1) is 30.6 Å². The third-order valence-corrected chi connectivity index (χ3v) is 4.18. The predicted molar refractivity (Wildman–Crippen MR) is 101 cm³/mol. The molecule has 0 saturated carbocycles. The molecular formula is C19H19ClFN3O3. The topological polar surface area (TPSA) is 58.4 Å². The molecule has 8 heteroatoms. The summed E-state index contributed by atoms with van der Waals surface area (Å²) in [4.78, 5) is 4.53. The van der Waals surface area contributed by atoms with E-state index in [4.69, 9.17) is 25.8 Å². The number of pyridine rings is 1. The van der Waals surface area contributed by atoms with Crippen LogP contribution in [-0.4, -0.2) is 42.2 Å². The van der Waals surface area contributed by atoms with Crippen molar-refractivity contribution in [2.24, 2.45) is 7.05 Å². The highest BCUT2D eigenvalue weighted by molar-refractivity contribution is 6.33. The van der Waals surface area contributed by atoms with Gasteiger partial charge in [0, 0.05) is 43.1 Å². The Morgan fingerprint density at radius 2 is 1.96 bits per heavy atom. The summed E-state index contributed by atoms with van der Waals surface area (Å²) >= 11 is 6.47. The van der Waals surface area contributed by atoms with Crippen LogP contribution in [-0.2, 0) is 11.8 Å². The maximum Gasteiger partial charge on any atom is 0.221 e. The fourth-order valence-corrected chi connectivity index (χ4v) is 2.90. The Morgan fingerprint density at radius 1 is 1.15 bits per heavy atom. The van der Waals surface area contributed by atoms with E-state index in [1.54, 1.807) is 30.1 Å². The van der Waals surface area contributed by atoms with E-state index in [0.29, 0.717) is 40.1 Å². The van der Waals surface area contributed by atoms with Crippen molar-refractivity contribution >= 4 is 11.6 Å². The molecule has 0 fully saturated rings. The lowest BCUT2D eigenvalue weighted by atomic mass is 10.0. The van der Waals surface area contributed by atoms with Crippen LogP contribution in [0.25, 0.3) is 22.4 Å². The lowest BCUT2D eigenvalue weighted by Crippen LogP contribution is -2.06. The fraction of sp³-hybridized carbons (Fsp3) is 0.263. The second-order valence-electron chi connectivity index (χ2n) is 5.76. The van der Waals surface area contributed by atoms with Gasteiger partial charge in [-0.05, 0) is 18.2 Å². The molecule has 3 rings (SSSR count). The summed E-state index contributed by atoms with van der Waals surface area (Å²) in [6.45, 7) is 0.663. The molecule has 0 spiro atoms. The maximum absolute atomic E-state index is 13.7. The first kappa shape index (κ1) is 19.1. The van der Waals surface area contributed by atoms with E-state index in [-0.39, 0.29) is 6.61 Å². The number of aryl methyl sites for hydroxylation is 1. The van der Waals surface area contributed by atoms with Gasteiger partial charge in [-0.15, -0.1) is 0 Å². The van der Waals surface area contributed by atoms with Gasteiger partial charge < -0.3 is 14.2 Å². The molecule has 0 atom stereocenters. The minimum atomic E-state index is -0.406. The van der Waals surface area contributed by atoms with Gasteiger partial charge in [-0.3, -0.25) is 4.68 Å². The van der Waals surface area contributed by atoms with Gasteiger partial charge in [-0.25, -0.2) is 9.37 Å². The summed E-state index contributed by atoms with van der Waals surface area (Å²) in [5.41, 5.74) is 2.54.